The van der Waals surface area contributed by atoms with E-state index < -0.39 is 16.0 Å². The topological polar surface area (TPSA) is 83.5 Å². The van der Waals surface area contributed by atoms with E-state index in [0.717, 1.165) is 32.1 Å². The molecule has 118 valence electrons. The van der Waals surface area contributed by atoms with Crippen molar-refractivity contribution in [3.63, 3.8) is 0 Å². The van der Waals surface area contributed by atoms with Crippen molar-refractivity contribution >= 4 is 16.0 Å². The Hall–Kier alpha value is -1.40. The third kappa shape index (κ3) is 5.85. The minimum Gasteiger partial charge on any atom is -0.478 e. The van der Waals surface area contributed by atoms with Crippen LogP contribution in [-0.2, 0) is 10.0 Å². The van der Waals surface area contributed by atoms with Gasteiger partial charge in [0, 0.05) is 6.04 Å². The molecular formula is C15H23NO4S. The molecule has 0 aliphatic carbocycles. The molecule has 0 bridgehead atoms. The Balaban J connectivity index is 2.62. The van der Waals surface area contributed by atoms with Crippen LogP contribution in [0.25, 0.3) is 0 Å². The summed E-state index contributed by atoms with van der Waals surface area (Å²) in [4.78, 5) is 10.8. The van der Waals surface area contributed by atoms with Crippen LogP contribution in [0.3, 0.4) is 0 Å². The van der Waals surface area contributed by atoms with E-state index in [1.807, 2.05) is 6.92 Å². The smallest absolute Gasteiger partial charge is 0.335 e. The van der Waals surface area contributed by atoms with E-state index in [-0.39, 0.29) is 16.5 Å². The zero-order valence-electron chi connectivity index (χ0n) is 12.5. The number of hydrogen-bond acceptors (Lipinski definition) is 3. The lowest BCUT2D eigenvalue weighted by atomic mass is 10.1. The Morgan fingerprint density at radius 3 is 2.33 bits per heavy atom. The number of unbranched alkanes of at least 4 members (excludes halogenated alkanes) is 3. The van der Waals surface area contributed by atoms with Crippen LogP contribution < -0.4 is 4.72 Å². The number of nitrogens with one attached hydrogen (secondary N) is 1. The maximum atomic E-state index is 12.2. The first-order chi connectivity index (χ1) is 9.86. The van der Waals surface area contributed by atoms with E-state index in [9.17, 15) is 13.2 Å². The molecule has 0 spiro atoms. The van der Waals surface area contributed by atoms with Crippen LogP contribution in [0.4, 0.5) is 0 Å². The van der Waals surface area contributed by atoms with Crippen molar-refractivity contribution in [2.75, 3.05) is 0 Å². The van der Waals surface area contributed by atoms with Crippen molar-refractivity contribution in [3.8, 4) is 0 Å². The highest BCUT2D eigenvalue weighted by Gasteiger charge is 2.17. The molecule has 2 N–H and O–H groups in total. The first kappa shape index (κ1) is 17.7. The van der Waals surface area contributed by atoms with E-state index in [1.54, 1.807) is 0 Å². The lowest BCUT2D eigenvalue weighted by molar-refractivity contribution is 0.0696. The van der Waals surface area contributed by atoms with Crippen LogP contribution in [0.1, 0.15) is 56.3 Å². The predicted molar refractivity (Wildman–Crippen MR) is 81.9 cm³/mol. The maximum Gasteiger partial charge on any atom is 0.335 e. The molecule has 21 heavy (non-hydrogen) atoms. The summed E-state index contributed by atoms with van der Waals surface area (Å²) in [5, 5.41) is 8.80. The molecule has 1 unspecified atom stereocenters. The van der Waals surface area contributed by atoms with Crippen molar-refractivity contribution in [2.24, 2.45) is 0 Å². The molecule has 0 aliphatic rings. The maximum absolute atomic E-state index is 12.2. The highest BCUT2D eigenvalue weighted by molar-refractivity contribution is 7.89. The Morgan fingerprint density at radius 2 is 1.81 bits per heavy atom. The molecule has 1 atom stereocenters. The van der Waals surface area contributed by atoms with Crippen molar-refractivity contribution in [1.29, 1.82) is 0 Å². The van der Waals surface area contributed by atoms with Crippen molar-refractivity contribution in [2.45, 2.75) is 56.9 Å². The molecule has 6 heteroatoms. The zero-order valence-corrected chi connectivity index (χ0v) is 13.3. The predicted octanol–water partition coefficient (Wildman–Crippen LogP) is 3.02. The minimum atomic E-state index is -3.59. The Bertz CT molecular complexity index is 552. The van der Waals surface area contributed by atoms with Gasteiger partial charge >= 0.3 is 5.97 Å². The zero-order chi connectivity index (χ0) is 15.9. The molecule has 5 nitrogen and oxygen atoms in total. The molecule has 0 amide bonds. The molecule has 0 radical (unpaired) electrons. The average molecular weight is 313 g/mol. The number of carboxylic acids is 1. The van der Waals surface area contributed by atoms with Crippen LogP contribution in [0.2, 0.25) is 0 Å². The third-order valence-electron chi connectivity index (χ3n) is 3.26. The fourth-order valence-electron chi connectivity index (χ4n) is 2.05. The van der Waals surface area contributed by atoms with Gasteiger partial charge in [-0.05, 0) is 37.6 Å². The number of carboxylic acid groups (broad SMARTS) is 1. The van der Waals surface area contributed by atoms with Gasteiger partial charge in [0.05, 0.1) is 10.5 Å². The van der Waals surface area contributed by atoms with E-state index in [1.165, 1.54) is 24.3 Å². The summed E-state index contributed by atoms with van der Waals surface area (Å²) in [6.45, 7) is 3.97. The number of sulfonamides is 1. The Morgan fingerprint density at radius 1 is 1.19 bits per heavy atom. The number of aromatic carboxylic acids is 1. The largest absolute Gasteiger partial charge is 0.478 e. The van der Waals surface area contributed by atoms with Crippen molar-refractivity contribution in [3.05, 3.63) is 29.8 Å². The fourth-order valence-corrected chi connectivity index (χ4v) is 3.32. The van der Waals surface area contributed by atoms with E-state index in [2.05, 4.69) is 11.6 Å². The molecule has 0 aromatic heterocycles. The SMILES string of the molecule is CCCCCCC(C)NS(=O)(=O)c1ccc(C(=O)O)cc1. The summed E-state index contributed by atoms with van der Waals surface area (Å²) < 4.78 is 26.9. The lowest BCUT2D eigenvalue weighted by Crippen LogP contribution is -2.32. The van der Waals surface area contributed by atoms with Crippen molar-refractivity contribution < 1.29 is 18.3 Å². The first-order valence-electron chi connectivity index (χ1n) is 7.22. The molecule has 0 fully saturated rings. The lowest BCUT2D eigenvalue weighted by Gasteiger charge is -2.14. The highest BCUT2D eigenvalue weighted by Crippen LogP contribution is 2.13. The Labute approximate surface area is 126 Å². The first-order valence-corrected chi connectivity index (χ1v) is 8.71. The molecule has 0 saturated carbocycles. The monoisotopic (exact) mass is 313 g/mol. The van der Waals surface area contributed by atoms with Gasteiger partial charge in [0.1, 0.15) is 0 Å². The van der Waals surface area contributed by atoms with Gasteiger partial charge in [0.15, 0.2) is 0 Å². The standard InChI is InChI=1S/C15H23NO4S/c1-3-4-5-6-7-12(2)16-21(19,20)14-10-8-13(9-11-14)15(17)18/h8-12,16H,3-7H2,1-2H3,(H,17,18). The van der Waals surface area contributed by atoms with Crippen molar-refractivity contribution in [1.82, 2.24) is 4.72 Å². The van der Waals surface area contributed by atoms with Crippen LogP contribution >= 0.6 is 0 Å². The van der Waals surface area contributed by atoms with Gasteiger partial charge in [-0.3, -0.25) is 0 Å². The summed E-state index contributed by atoms with van der Waals surface area (Å²) in [5.41, 5.74) is 0.0709. The second kappa shape index (κ2) is 8.14. The van der Waals surface area contributed by atoms with Gasteiger partial charge < -0.3 is 5.11 Å². The van der Waals surface area contributed by atoms with Gasteiger partial charge in [-0.1, -0.05) is 32.6 Å². The third-order valence-corrected chi connectivity index (χ3v) is 4.86. The Kier molecular flexibility index (Phi) is 6.84. The van der Waals surface area contributed by atoms with Gasteiger partial charge in [-0.15, -0.1) is 0 Å². The molecule has 0 saturated heterocycles. The van der Waals surface area contributed by atoms with Crippen LogP contribution in [0.5, 0.6) is 0 Å². The van der Waals surface area contributed by atoms with Gasteiger partial charge in [0.25, 0.3) is 0 Å². The van der Waals surface area contributed by atoms with Crippen LogP contribution in [0, 0.1) is 0 Å². The molecule has 1 aromatic rings. The summed E-state index contributed by atoms with van der Waals surface area (Å²) in [7, 11) is -3.59. The van der Waals surface area contributed by atoms with Gasteiger partial charge in [0.2, 0.25) is 10.0 Å². The van der Waals surface area contributed by atoms with Crippen LogP contribution in [0.15, 0.2) is 29.2 Å². The summed E-state index contributed by atoms with van der Waals surface area (Å²) in [5.74, 6) is -1.07. The van der Waals surface area contributed by atoms with Gasteiger partial charge in [-0.25, -0.2) is 17.9 Å². The van der Waals surface area contributed by atoms with Crippen LogP contribution in [-0.4, -0.2) is 25.5 Å². The summed E-state index contributed by atoms with van der Waals surface area (Å²) >= 11 is 0. The van der Waals surface area contributed by atoms with E-state index >= 15 is 0 Å². The second-order valence-electron chi connectivity index (χ2n) is 5.20. The number of benzene rings is 1. The molecule has 1 aromatic carbocycles. The molecular weight excluding hydrogens is 290 g/mol. The summed E-state index contributed by atoms with van der Waals surface area (Å²) in [6, 6.07) is 5.09. The molecule has 0 heterocycles. The van der Waals surface area contributed by atoms with E-state index in [0.29, 0.717) is 0 Å². The highest BCUT2D eigenvalue weighted by atomic mass is 32.2. The molecule has 0 aliphatic heterocycles. The average Bonchev–Trinajstić information content (AvgIpc) is 2.43. The number of carbonyl (C=O) groups is 1. The number of hydrogen-bond donors (Lipinski definition) is 2. The normalized spacial score (nSPS) is 13.0. The van der Waals surface area contributed by atoms with E-state index in [4.69, 9.17) is 5.11 Å². The number of rotatable bonds is 9. The second-order valence-corrected chi connectivity index (χ2v) is 6.92. The fraction of sp³-hybridized carbons (Fsp3) is 0.533. The minimum absolute atomic E-state index is 0.0709. The quantitative estimate of drug-likeness (QED) is 0.686. The summed E-state index contributed by atoms with van der Waals surface area (Å²) in [6.07, 6.45) is 5.21. The molecule has 1 rings (SSSR count). The van der Waals surface area contributed by atoms with Gasteiger partial charge in [-0.2, -0.15) is 0 Å².